The summed E-state index contributed by atoms with van der Waals surface area (Å²) < 4.78 is 4.87. The summed E-state index contributed by atoms with van der Waals surface area (Å²) in [6.07, 6.45) is 0.427. The van der Waals surface area contributed by atoms with Gasteiger partial charge in [0.2, 0.25) is 0 Å². The van der Waals surface area contributed by atoms with Gasteiger partial charge >= 0.3 is 0 Å². The second kappa shape index (κ2) is 3.02. The molecule has 0 aromatic heterocycles. The van der Waals surface area contributed by atoms with Gasteiger partial charge in [0.15, 0.2) is 0 Å². The van der Waals surface area contributed by atoms with Gasteiger partial charge in [0.1, 0.15) is 0 Å². The summed E-state index contributed by atoms with van der Waals surface area (Å²) in [6, 6.07) is 2.02. The molecule has 0 aromatic rings. The van der Waals surface area contributed by atoms with Crippen molar-refractivity contribution in [3.8, 4) is 6.07 Å². The van der Waals surface area contributed by atoms with Crippen LogP contribution in [0.1, 0.15) is 20.3 Å². The van der Waals surface area contributed by atoms with Crippen LogP contribution in [0.4, 0.5) is 0 Å². The number of nitrogens with zero attached hydrogens (tertiary/aromatic N) is 1. The Hall–Kier alpha value is -0.120. The van der Waals surface area contributed by atoms with Crippen LogP contribution in [0.2, 0.25) is 0 Å². The zero-order valence-corrected chi connectivity index (χ0v) is 6.29. The minimum absolute atomic E-state index is 0.306. The standard InChI is InChI=1S/C5H10NOP/c1-5(2,7-8)3-4-6/h3,8H2,1-2H3. The Morgan fingerprint density at radius 2 is 2.25 bits per heavy atom. The molecule has 0 aromatic carbocycles. The average molecular weight is 131 g/mol. The van der Waals surface area contributed by atoms with E-state index in [0.29, 0.717) is 6.42 Å². The molecule has 1 unspecified atom stereocenters. The van der Waals surface area contributed by atoms with Gasteiger partial charge in [-0.05, 0) is 13.8 Å². The Bertz CT molecular complexity index is 105. The van der Waals surface area contributed by atoms with Crippen molar-refractivity contribution in [2.75, 3.05) is 0 Å². The van der Waals surface area contributed by atoms with Crippen molar-refractivity contribution >= 4 is 9.47 Å². The van der Waals surface area contributed by atoms with Gasteiger partial charge in [0.25, 0.3) is 0 Å². The molecule has 0 heterocycles. The first kappa shape index (κ1) is 7.88. The first-order chi connectivity index (χ1) is 3.62. The van der Waals surface area contributed by atoms with E-state index in [9.17, 15) is 0 Å². The minimum Gasteiger partial charge on any atom is -0.359 e. The highest BCUT2D eigenvalue weighted by atomic mass is 31.0. The molecule has 3 heteroatoms. The maximum Gasteiger partial charge on any atom is 0.0791 e. The van der Waals surface area contributed by atoms with Gasteiger partial charge in [0.05, 0.1) is 18.1 Å². The summed E-state index contributed by atoms with van der Waals surface area (Å²) in [5.74, 6) is 0. The molecule has 0 aliphatic carbocycles. The maximum absolute atomic E-state index is 8.19. The van der Waals surface area contributed by atoms with Crippen LogP contribution in [0.3, 0.4) is 0 Å². The minimum atomic E-state index is -0.306. The molecule has 0 radical (unpaired) electrons. The van der Waals surface area contributed by atoms with E-state index >= 15 is 0 Å². The molecule has 0 amide bonds. The van der Waals surface area contributed by atoms with E-state index < -0.39 is 0 Å². The summed E-state index contributed by atoms with van der Waals surface area (Å²) in [7, 11) is 2.15. The second-order valence-corrected chi connectivity index (χ2v) is 2.45. The predicted molar refractivity (Wildman–Crippen MR) is 35.1 cm³/mol. The van der Waals surface area contributed by atoms with E-state index in [2.05, 4.69) is 9.47 Å². The molecule has 1 atom stereocenters. The van der Waals surface area contributed by atoms with Crippen LogP contribution in [0, 0.1) is 11.3 Å². The third-order valence-corrected chi connectivity index (χ3v) is 1.46. The van der Waals surface area contributed by atoms with Gasteiger partial charge in [-0.1, -0.05) is 0 Å². The van der Waals surface area contributed by atoms with Crippen LogP contribution in [-0.2, 0) is 4.52 Å². The van der Waals surface area contributed by atoms with Crippen molar-refractivity contribution in [2.45, 2.75) is 25.9 Å². The quantitative estimate of drug-likeness (QED) is 0.532. The summed E-state index contributed by atoms with van der Waals surface area (Å²) in [5, 5.41) is 8.19. The normalized spacial score (nSPS) is 10.8. The van der Waals surface area contributed by atoms with Crippen molar-refractivity contribution in [1.82, 2.24) is 0 Å². The van der Waals surface area contributed by atoms with E-state index in [-0.39, 0.29) is 5.60 Å². The Kier molecular flexibility index (Phi) is 2.97. The van der Waals surface area contributed by atoms with Gasteiger partial charge in [-0.3, -0.25) is 0 Å². The van der Waals surface area contributed by atoms with Crippen molar-refractivity contribution < 1.29 is 4.52 Å². The molecule has 0 rings (SSSR count). The van der Waals surface area contributed by atoms with Crippen molar-refractivity contribution in [1.29, 1.82) is 5.26 Å². The highest BCUT2D eigenvalue weighted by molar-refractivity contribution is 7.09. The highest BCUT2D eigenvalue weighted by Crippen LogP contribution is 2.15. The topological polar surface area (TPSA) is 33.0 Å². The van der Waals surface area contributed by atoms with E-state index in [1.807, 2.05) is 19.9 Å². The predicted octanol–water partition coefficient (Wildman–Crippen LogP) is 1.49. The monoisotopic (exact) mass is 131 g/mol. The molecular formula is C5H10NOP. The second-order valence-electron chi connectivity index (χ2n) is 2.21. The molecule has 0 spiro atoms. The van der Waals surface area contributed by atoms with Gasteiger partial charge in [-0.15, -0.1) is 0 Å². The van der Waals surface area contributed by atoms with E-state index in [1.165, 1.54) is 0 Å². The fraction of sp³-hybridized carbons (Fsp3) is 0.800. The van der Waals surface area contributed by atoms with Gasteiger partial charge in [-0.2, -0.15) is 5.26 Å². The zero-order valence-electron chi connectivity index (χ0n) is 5.14. The van der Waals surface area contributed by atoms with Crippen LogP contribution in [0.5, 0.6) is 0 Å². The maximum atomic E-state index is 8.19. The smallest absolute Gasteiger partial charge is 0.0791 e. The zero-order chi connectivity index (χ0) is 6.62. The van der Waals surface area contributed by atoms with Gasteiger partial charge in [0, 0.05) is 9.47 Å². The first-order valence-electron chi connectivity index (χ1n) is 2.37. The van der Waals surface area contributed by atoms with Gasteiger partial charge in [-0.25, -0.2) is 0 Å². The first-order valence-corrected chi connectivity index (χ1v) is 2.84. The lowest BCUT2D eigenvalue weighted by molar-refractivity contribution is 0.144. The fourth-order valence-corrected chi connectivity index (χ4v) is 0.315. The summed E-state index contributed by atoms with van der Waals surface area (Å²) in [6.45, 7) is 3.73. The molecular weight excluding hydrogens is 121 g/mol. The Morgan fingerprint density at radius 1 is 1.75 bits per heavy atom. The lowest BCUT2D eigenvalue weighted by Gasteiger charge is -2.17. The Labute approximate surface area is 52.1 Å². The molecule has 46 valence electrons. The van der Waals surface area contributed by atoms with E-state index in [0.717, 1.165) is 0 Å². The molecule has 2 nitrogen and oxygen atoms in total. The highest BCUT2D eigenvalue weighted by Gasteiger charge is 2.14. The van der Waals surface area contributed by atoms with Crippen LogP contribution < -0.4 is 0 Å². The van der Waals surface area contributed by atoms with Crippen molar-refractivity contribution in [3.05, 3.63) is 0 Å². The molecule has 0 aliphatic heterocycles. The van der Waals surface area contributed by atoms with Crippen LogP contribution in [0.25, 0.3) is 0 Å². The number of hydrogen-bond acceptors (Lipinski definition) is 2. The number of rotatable bonds is 2. The molecule has 0 saturated heterocycles. The van der Waals surface area contributed by atoms with E-state index in [1.54, 1.807) is 0 Å². The fourth-order valence-electron chi connectivity index (χ4n) is 0.232. The Morgan fingerprint density at radius 3 is 2.38 bits per heavy atom. The number of hydrogen-bond donors (Lipinski definition) is 0. The summed E-state index contributed by atoms with van der Waals surface area (Å²) in [4.78, 5) is 0. The van der Waals surface area contributed by atoms with Gasteiger partial charge < -0.3 is 4.52 Å². The third-order valence-electron chi connectivity index (χ3n) is 0.824. The third kappa shape index (κ3) is 2.96. The van der Waals surface area contributed by atoms with Crippen molar-refractivity contribution in [2.24, 2.45) is 0 Å². The van der Waals surface area contributed by atoms with E-state index in [4.69, 9.17) is 9.79 Å². The SMILES string of the molecule is CC(C)(CC#N)OP. The summed E-state index contributed by atoms with van der Waals surface area (Å²) in [5.41, 5.74) is -0.306. The average Bonchev–Trinajstić information content (AvgIpc) is 1.67. The van der Waals surface area contributed by atoms with Crippen LogP contribution >= 0.6 is 9.47 Å². The Balaban J connectivity index is 3.58. The lowest BCUT2D eigenvalue weighted by Crippen LogP contribution is -2.18. The van der Waals surface area contributed by atoms with Crippen LogP contribution in [-0.4, -0.2) is 5.60 Å². The number of nitriles is 1. The summed E-state index contributed by atoms with van der Waals surface area (Å²) >= 11 is 0. The molecule has 0 aliphatic rings. The molecule has 0 bridgehead atoms. The molecule has 0 fully saturated rings. The largest absolute Gasteiger partial charge is 0.359 e. The van der Waals surface area contributed by atoms with Crippen molar-refractivity contribution in [3.63, 3.8) is 0 Å². The molecule has 8 heavy (non-hydrogen) atoms. The molecule has 0 saturated carbocycles. The van der Waals surface area contributed by atoms with Crippen LogP contribution in [0.15, 0.2) is 0 Å². The lowest BCUT2D eigenvalue weighted by atomic mass is 10.1. The molecule has 0 N–H and O–H groups in total.